The van der Waals surface area contributed by atoms with E-state index >= 15 is 0 Å². The topological polar surface area (TPSA) is 76.0 Å². The van der Waals surface area contributed by atoms with E-state index in [0.29, 0.717) is 17.9 Å². The van der Waals surface area contributed by atoms with Gasteiger partial charge in [-0.15, -0.1) is 0 Å². The molecule has 0 aromatic heterocycles. The van der Waals surface area contributed by atoms with Crippen molar-refractivity contribution in [2.45, 2.75) is 39.1 Å². The first-order valence-corrected chi connectivity index (χ1v) is 7.06. The van der Waals surface area contributed by atoms with E-state index in [0.717, 1.165) is 6.61 Å². The maximum Gasteiger partial charge on any atom is 0.335 e. The second kappa shape index (κ2) is 8.12. The molecule has 1 fully saturated rings. The summed E-state index contributed by atoms with van der Waals surface area (Å²) in [4.78, 5) is 10.2. The van der Waals surface area contributed by atoms with Crippen molar-refractivity contribution in [3.05, 3.63) is 35.9 Å². The van der Waals surface area contributed by atoms with Crippen LogP contribution in [0.25, 0.3) is 0 Å². The van der Waals surface area contributed by atoms with E-state index in [1.54, 1.807) is 30.3 Å². The van der Waals surface area contributed by atoms with Gasteiger partial charge in [0.25, 0.3) is 0 Å². The standard InChI is InChI=1S/C9H18O3.C7H6O2/c1-7-6-11-9(2,3)12-8(7)4-5-10;8-7(9)6-4-2-1-3-5-6/h7-8,10H,4-6H2,1-3H3;1-5H,(H,8,9)/t7-,8+;/m1./s1. The van der Waals surface area contributed by atoms with Crippen LogP contribution in [0.2, 0.25) is 0 Å². The first-order chi connectivity index (χ1) is 9.85. The van der Waals surface area contributed by atoms with Crippen molar-refractivity contribution in [3.8, 4) is 0 Å². The summed E-state index contributed by atoms with van der Waals surface area (Å²) < 4.78 is 11.1. The Morgan fingerprint density at radius 2 is 1.95 bits per heavy atom. The number of carboxylic acid groups (broad SMARTS) is 1. The third kappa shape index (κ3) is 6.25. The Labute approximate surface area is 125 Å². The molecule has 1 saturated heterocycles. The highest BCUT2D eigenvalue weighted by Crippen LogP contribution is 2.27. The van der Waals surface area contributed by atoms with Gasteiger partial charge in [-0.1, -0.05) is 25.1 Å². The summed E-state index contributed by atoms with van der Waals surface area (Å²) in [5.41, 5.74) is 0.331. The molecule has 2 rings (SSSR count). The van der Waals surface area contributed by atoms with Crippen molar-refractivity contribution in [2.75, 3.05) is 13.2 Å². The van der Waals surface area contributed by atoms with Crippen LogP contribution >= 0.6 is 0 Å². The lowest BCUT2D eigenvalue weighted by molar-refractivity contribution is -0.292. The average Bonchev–Trinajstić information content (AvgIpc) is 2.45. The fraction of sp³-hybridized carbons (Fsp3) is 0.562. The molecule has 5 nitrogen and oxygen atoms in total. The summed E-state index contributed by atoms with van der Waals surface area (Å²) in [5.74, 6) is -0.979. The van der Waals surface area contributed by atoms with Gasteiger partial charge < -0.3 is 19.7 Å². The molecule has 21 heavy (non-hydrogen) atoms. The highest BCUT2D eigenvalue weighted by Gasteiger charge is 2.33. The number of ether oxygens (including phenoxy) is 2. The van der Waals surface area contributed by atoms with Crippen LogP contribution < -0.4 is 0 Å². The predicted octanol–water partition coefficient (Wildman–Crippen LogP) is 2.54. The molecule has 0 radical (unpaired) electrons. The zero-order valence-corrected chi connectivity index (χ0v) is 12.8. The van der Waals surface area contributed by atoms with Gasteiger partial charge in [-0.3, -0.25) is 0 Å². The van der Waals surface area contributed by atoms with Gasteiger partial charge in [-0.2, -0.15) is 0 Å². The molecule has 1 heterocycles. The van der Waals surface area contributed by atoms with Gasteiger partial charge in [0.1, 0.15) is 0 Å². The van der Waals surface area contributed by atoms with Crippen LogP contribution in [0.3, 0.4) is 0 Å². The lowest BCUT2D eigenvalue weighted by atomic mass is 10.0. The van der Waals surface area contributed by atoms with Crippen LogP contribution in [-0.2, 0) is 9.47 Å². The minimum absolute atomic E-state index is 0.138. The molecule has 1 aliphatic rings. The lowest BCUT2D eigenvalue weighted by Gasteiger charge is -2.39. The molecule has 0 bridgehead atoms. The second-order valence-corrected chi connectivity index (χ2v) is 5.53. The number of carbonyl (C=O) groups is 1. The van der Waals surface area contributed by atoms with Crippen LogP contribution in [0, 0.1) is 5.92 Å². The van der Waals surface area contributed by atoms with Crippen LogP contribution in [0.15, 0.2) is 30.3 Å². The Morgan fingerprint density at radius 3 is 2.43 bits per heavy atom. The fourth-order valence-electron chi connectivity index (χ4n) is 2.01. The smallest absolute Gasteiger partial charge is 0.335 e. The third-order valence-electron chi connectivity index (χ3n) is 3.20. The molecule has 1 aromatic carbocycles. The molecule has 1 aromatic rings. The summed E-state index contributed by atoms with van der Waals surface area (Å²) in [7, 11) is 0. The highest BCUT2D eigenvalue weighted by molar-refractivity contribution is 5.87. The largest absolute Gasteiger partial charge is 0.478 e. The molecule has 0 saturated carbocycles. The van der Waals surface area contributed by atoms with E-state index in [2.05, 4.69) is 6.92 Å². The number of rotatable bonds is 3. The molecule has 2 atom stereocenters. The van der Waals surface area contributed by atoms with Crippen LogP contribution in [0.4, 0.5) is 0 Å². The van der Waals surface area contributed by atoms with Gasteiger partial charge in [0.15, 0.2) is 5.79 Å². The van der Waals surface area contributed by atoms with E-state index in [1.165, 1.54) is 0 Å². The first kappa shape index (κ1) is 17.6. The van der Waals surface area contributed by atoms with Gasteiger partial charge in [0, 0.05) is 12.5 Å². The minimum atomic E-state index is -0.879. The summed E-state index contributed by atoms with van der Waals surface area (Å²) in [6.07, 6.45) is 0.840. The van der Waals surface area contributed by atoms with Crippen LogP contribution in [0.1, 0.15) is 37.6 Å². The highest BCUT2D eigenvalue weighted by atomic mass is 16.7. The molecule has 118 valence electrons. The van der Waals surface area contributed by atoms with Crippen molar-refractivity contribution in [1.82, 2.24) is 0 Å². The number of aromatic carboxylic acids is 1. The molecule has 0 amide bonds. The molecular formula is C16H24O5. The van der Waals surface area contributed by atoms with Crippen molar-refractivity contribution in [1.29, 1.82) is 0 Å². The predicted molar refractivity (Wildman–Crippen MR) is 79.2 cm³/mol. The molecule has 2 N–H and O–H groups in total. The number of hydrogen-bond donors (Lipinski definition) is 2. The van der Waals surface area contributed by atoms with Crippen molar-refractivity contribution in [2.24, 2.45) is 5.92 Å². The quantitative estimate of drug-likeness (QED) is 0.896. The second-order valence-electron chi connectivity index (χ2n) is 5.53. The van der Waals surface area contributed by atoms with E-state index in [1.807, 2.05) is 13.8 Å². The number of hydrogen-bond acceptors (Lipinski definition) is 4. The van der Waals surface area contributed by atoms with Crippen LogP contribution in [-0.4, -0.2) is 41.3 Å². The lowest BCUT2D eigenvalue weighted by Crippen LogP contribution is -2.44. The minimum Gasteiger partial charge on any atom is -0.478 e. The molecule has 5 heteroatoms. The summed E-state index contributed by atoms with van der Waals surface area (Å²) >= 11 is 0. The maximum absolute atomic E-state index is 10.2. The number of benzene rings is 1. The zero-order valence-electron chi connectivity index (χ0n) is 12.8. The maximum atomic E-state index is 10.2. The van der Waals surface area contributed by atoms with Gasteiger partial charge in [0.2, 0.25) is 0 Å². The first-order valence-electron chi connectivity index (χ1n) is 7.06. The summed E-state index contributed by atoms with van der Waals surface area (Å²) in [6.45, 7) is 6.80. The summed E-state index contributed by atoms with van der Waals surface area (Å²) in [6, 6.07) is 8.30. The number of aliphatic hydroxyl groups is 1. The average molecular weight is 296 g/mol. The zero-order chi connectivity index (χ0) is 15.9. The van der Waals surface area contributed by atoms with Gasteiger partial charge in [-0.05, 0) is 32.4 Å². The molecule has 0 spiro atoms. The Bertz CT molecular complexity index is 430. The normalized spacial score (nSPS) is 23.8. The van der Waals surface area contributed by atoms with E-state index in [-0.39, 0.29) is 12.7 Å². The van der Waals surface area contributed by atoms with E-state index in [9.17, 15) is 4.79 Å². The number of carboxylic acids is 1. The monoisotopic (exact) mass is 296 g/mol. The Kier molecular flexibility index (Phi) is 6.81. The van der Waals surface area contributed by atoms with Crippen molar-refractivity contribution < 1.29 is 24.5 Å². The van der Waals surface area contributed by atoms with Gasteiger partial charge in [0.05, 0.1) is 18.3 Å². The van der Waals surface area contributed by atoms with E-state index < -0.39 is 11.8 Å². The van der Waals surface area contributed by atoms with Crippen molar-refractivity contribution >= 4 is 5.97 Å². The molecule has 0 unspecified atom stereocenters. The molecule has 0 aliphatic carbocycles. The van der Waals surface area contributed by atoms with Gasteiger partial charge >= 0.3 is 5.97 Å². The number of aliphatic hydroxyl groups excluding tert-OH is 1. The Hall–Kier alpha value is -1.43. The molecular weight excluding hydrogens is 272 g/mol. The fourth-order valence-corrected chi connectivity index (χ4v) is 2.01. The van der Waals surface area contributed by atoms with E-state index in [4.69, 9.17) is 19.7 Å². The molecule has 1 aliphatic heterocycles. The van der Waals surface area contributed by atoms with Gasteiger partial charge in [-0.25, -0.2) is 4.79 Å². The van der Waals surface area contributed by atoms with Crippen molar-refractivity contribution in [3.63, 3.8) is 0 Å². The SMILES string of the molecule is C[C@@H]1COC(C)(C)O[C@H]1CCO.O=C(O)c1ccccc1. The van der Waals surface area contributed by atoms with Crippen LogP contribution in [0.5, 0.6) is 0 Å². The third-order valence-corrected chi connectivity index (χ3v) is 3.20. The Morgan fingerprint density at radius 1 is 1.33 bits per heavy atom. The summed E-state index contributed by atoms with van der Waals surface area (Å²) in [5, 5.41) is 17.2. The Balaban J connectivity index is 0.000000219.